The number of benzene rings is 1. The van der Waals surface area contributed by atoms with Crippen LogP contribution in [0.2, 0.25) is 0 Å². The second-order valence-electron chi connectivity index (χ2n) is 4.64. The zero-order valence-corrected chi connectivity index (χ0v) is 10.6. The lowest BCUT2D eigenvalue weighted by atomic mass is 10.0. The maximum atomic E-state index is 11.3. The molecule has 106 valence electrons. The fraction of sp³-hybridized carbons (Fsp3) is 0.385. The van der Waals surface area contributed by atoms with Crippen LogP contribution in [0.3, 0.4) is 0 Å². The van der Waals surface area contributed by atoms with Gasteiger partial charge < -0.3 is 24.5 Å². The van der Waals surface area contributed by atoms with Crippen LogP contribution in [-0.2, 0) is 9.47 Å². The fourth-order valence-electron chi connectivity index (χ4n) is 2.22. The van der Waals surface area contributed by atoms with E-state index in [-0.39, 0.29) is 0 Å². The molecule has 20 heavy (non-hydrogen) atoms. The van der Waals surface area contributed by atoms with E-state index in [1.54, 1.807) is 18.2 Å². The Bertz CT molecular complexity index is 729. The van der Waals surface area contributed by atoms with Crippen molar-refractivity contribution < 1.29 is 14.6 Å². The van der Waals surface area contributed by atoms with Crippen molar-refractivity contribution >= 4 is 11.0 Å². The van der Waals surface area contributed by atoms with Crippen LogP contribution in [-0.4, -0.2) is 41.0 Å². The zero-order chi connectivity index (χ0) is 14.1. The first-order valence-electron chi connectivity index (χ1n) is 6.29. The lowest BCUT2D eigenvalue weighted by Gasteiger charge is -2.27. The number of H-pyrrole nitrogens is 2. The molecule has 2 aromatic rings. The molecule has 7 nitrogen and oxygen atoms in total. The number of hydrogen-bond acceptors (Lipinski definition) is 5. The Labute approximate surface area is 113 Å². The molecule has 2 atom stereocenters. The number of aliphatic hydroxyl groups is 1. The number of aromatic nitrogens is 2. The maximum Gasteiger partial charge on any atom is 0.314 e. The van der Waals surface area contributed by atoms with Crippen LogP contribution in [0.25, 0.3) is 11.0 Å². The van der Waals surface area contributed by atoms with Crippen LogP contribution < -0.4 is 11.1 Å². The Balaban J connectivity index is 1.97. The summed E-state index contributed by atoms with van der Waals surface area (Å²) in [5.74, 6) is 0. The summed E-state index contributed by atoms with van der Waals surface area (Å²) in [5, 5.41) is 10.3. The van der Waals surface area contributed by atoms with Crippen LogP contribution in [0.5, 0.6) is 0 Å². The minimum Gasteiger partial charge on any atom is -0.386 e. The summed E-state index contributed by atoms with van der Waals surface area (Å²) in [5.41, 5.74) is 0.140. The Hall–Kier alpha value is -1.96. The maximum absolute atomic E-state index is 11.3. The van der Waals surface area contributed by atoms with Gasteiger partial charge in [0.1, 0.15) is 12.2 Å². The SMILES string of the molecule is O=c1[nH]c2ccc(C(O)C3COCCO3)cc2[nH]c1=O. The van der Waals surface area contributed by atoms with Gasteiger partial charge in [0.05, 0.1) is 30.9 Å². The second-order valence-corrected chi connectivity index (χ2v) is 4.64. The molecular formula is C13H14N2O5. The summed E-state index contributed by atoms with van der Waals surface area (Å²) in [6.45, 7) is 1.29. The van der Waals surface area contributed by atoms with Crippen molar-refractivity contribution in [1.82, 2.24) is 9.97 Å². The molecule has 3 N–H and O–H groups in total. The zero-order valence-electron chi connectivity index (χ0n) is 10.6. The van der Waals surface area contributed by atoms with E-state index in [1.165, 1.54) is 0 Å². The molecule has 0 amide bonds. The molecule has 1 aromatic carbocycles. The Morgan fingerprint density at radius 3 is 2.60 bits per heavy atom. The first kappa shape index (κ1) is 13.0. The van der Waals surface area contributed by atoms with Gasteiger partial charge in [-0.15, -0.1) is 0 Å². The van der Waals surface area contributed by atoms with Crippen molar-refractivity contribution in [2.24, 2.45) is 0 Å². The predicted octanol–water partition coefficient (Wildman–Crippen LogP) is -0.335. The van der Waals surface area contributed by atoms with Gasteiger partial charge in [0.25, 0.3) is 0 Å². The third kappa shape index (κ3) is 2.38. The van der Waals surface area contributed by atoms with Crippen LogP contribution >= 0.6 is 0 Å². The number of hydrogen-bond donors (Lipinski definition) is 3. The second kappa shape index (κ2) is 5.20. The summed E-state index contributed by atoms with van der Waals surface area (Å²) in [6.07, 6.45) is -1.29. The quantitative estimate of drug-likeness (QED) is 0.652. The molecule has 1 aliphatic heterocycles. The minimum absolute atomic E-state index is 0.321. The van der Waals surface area contributed by atoms with Crippen LogP contribution in [0.1, 0.15) is 11.7 Å². The molecule has 7 heteroatoms. The molecule has 1 aliphatic rings. The summed E-state index contributed by atoms with van der Waals surface area (Å²) in [4.78, 5) is 27.5. The lowest BCUT2D eigenvalue weighted by molar-refractivity contribution is -0.133. The standard InChI is InChI=1S/C13H14N2O5/c16-11(10-6-19-3-4-20-10)7-1-2-8-9(5-7)15-13(18)12(17)14-8/h1-2,5,10-11,16H,3-4,6H2,(H,14,17)(H,15,18). The van der Waals surface area contributed by atoms with Gasteiger partial charge in [-0.1, -0.05) is 6.07 Å². The number of rotatable bonds is 2. The Kier molecular flexibility index (Phi) is 3.39. The number of ether oxygens (including phenoxy) is 2. The first-order valence-corrected chi connectivity index (χ1v) is 6.29. The molecular weight excluding hydrogens is 264 g/mol. The molecule has 2 unspecified atom stereocenters. The molecule has 0 spiro atoms. The van der Waals surface area contributed by atoms with Gasteiger partial charge >= 0.3 is 11.1 Å². The number of aromatic amines is 2. The van der Waals surface area contributed by atoms with Gasteiger partial charge in [-0.25, -0.2) is 0 Å². The van der Waals surface area contributed by atoms with E-state index >= 15 is 0 Å². The smallest absolute Gasteiger partial charge is 0.314 e. The highest BCUT2D eigenvalue weighted by molar-refractivity contribution is 5.74. The molecule has 2 heterocycles. The van der Waals surface area contributed by atoms with Gasteiger partial charge in [-0.3, -0.25) is 9.59 Å². The molecule has 0 saturated carbocycles. The number of nitrogens with one attached hydrogen (secondary N) is 2. The topological polar surface area (TPSA) is 104 Å². The van der Waals surface area contributed by atoms with E-state index in [9.17, 15) is 14.7 Å². The van der Waals surface area contributed by atoms with E-state index < -0.39 is 23.3 Å². The van der Waals surface area contributed by atoms with Crippen molar-refractivity contribution in [2.75, 3.05) is 19.8 Å². The van der Waals surface area contributed by atoms with Crippen molar-refractivity contribution in [1.29, 1.82) is 0 Å². The Morgan fingerprint density at radius 2 is 1.90 bits per heavy atom. The molecule has 3 rings (SSSR count). The molecule has 1 fully saturated rings. The fourth-order valence-corrected chi connectivity index (χ4v) is 2.22. The highest BCUT2D eigenvalue weighted by Crippen LogP contribution is 2.23. The molecule has 0 bridgehead atoms. The van der Waals surface area contributed by atoms with Crippen molar-refractivity contribution in [3.8, 4) is 0 Å². The average molecular weight is 278 g/mol. The summed E-state index contributed by atoms with van der Waals surface area (Å²) >= 11 is 0. The van der Waals surface area contributed by atoms with Crippen molar-refractivity contribution in [3.63, 3.8) is 0 Å². The molecule has 1 saturated heterocycles. The molecule has 1 aromatic heterocycles. The van der Waals surface area contributed by atoms with Gasteiger partial charge in [0.2, 0.25) is 0 Å². The van der Waals surface area contributed by atoms with E-state index in [4.69, 9.17) is 9.47 Å². The third-order valence-corrected chi connectivity index (χ3v) is 3.28. The molecule has 0 radical (unpaired) electrons. The van der Waals surface area contributed by atoms with Gasteiger partial charge in [-0.05, 0) is 17.7 Å². The van der Waals surface area contributed by atoms with E-state index in [0.29, 0.717) is 36.4 Å². The monoisotopic (exact) mass is 278 g/mol. The van der Waals surface area contributed by atoms with E-state index in [1.807, 2.05) is 0 Å². The number of fused-ring (bicyclic) bond motifs is 1. The normalized spacial score (nSPS) is 20.9. The van der Waals surface area contributed by atoms with E-state index in [2.05, 4.69) is 9.97 Å². The largest absolute Gasteiger partial charge is 0.386 e. The van der Waals surface area contributed by atoms with Crippen LogP contribution in [0.15, 0.2) is 27.8 Å². The summed E-state index contributed by atoms with van der Waals surface area (Å²) < 4.78 is 10.7. The highest BCUT2D eigenvalue weighted by atomic mass is 16.6. The Morgan fingerprint density at radius 1 is 1.15 bits per heavy atom. The van der Waals surface area contributed by atoms with E-state index in [0.717, 1.165) is 0 Å². The van der Waals surface area contributed by atoms with Gasteiger partial charge in [0.15, 0.2) is 0 Å². The van der Waals surface area contributed by atoms with Crippen LogP contribution in [0, 0.1) is 0 Å². The van der Waals surface area contributed by atoms with Crippen LogP contribution in [0.4, 0.5) is 0 Å². The average Bonchev–Trinajstić information content (AvgIpc) is 2.48. The van der Waals surface area contributed by atoms with Crippen molar-refractivity contribution in [2.45, 2.75) is 12.2 Å². The summed E-state index contributed by atoms with van der Waals surface area (Å²) in [7, 11) is 0. The first-order chi connectivity index (χ1) is 9.65. The van der Waals surface area contributed by atoms with Gasteiger partial charge in [0, 0.05) is 0 Å². The highest BCUT2D eigenvalue weighted by Gasteiger charge is 2.24. The van der Waals surface area contributed by atoms with Gasteiger partial charge in [-0.2, -0.15) is 0 Å². The number of aliphatic hydroxyl groups excluding tert-OH is 1. The summed E-state index contributed by atoms with van der Waals surface area (Å²) in [6, 6.07) is 4.93. The predicted molar refractivity (Wildman–Crippen MR) is 70.7 cm³/mol. The lowest BCUT2D eigenvalue weighted by Crippen LogP contribution is -2.34. The molecule has 0 aliphatic carbocycles. The van der Waals surface area contributed by atoms with Crippen molar-refractivity contribution in [3.05, 3.63) is 44.5 Å². The minimum atomic E-state index is -0.852. The third-order valence-electron chi connectivity index (χ3n) is 3.28.